The fourth-order valence-corrected chi connectivity index (χ4v) is 6.32. The lowest BCUT2D eigenvalue weighted by Crippen LogP contribution is -2.50. The zero-order chi connectivity index (χ0) is 22.0. The van der Waals surface area contributed by atoms with Gasteiger partial charge >= 0.3 is 0 Å². The van der Waals surface area contributed by atoms with Gasteiger partial charge in [0.25, 0.3) is 10.0 Å². The highest BCUT2D eigenvalue weighted by molar-refractivity contribution is 7.91. The average molecular weight is 460 g/mol. The first-order valence-corrected chi connectivity index (χ1v) is 12.4. The fraction of sp³-hybridized carbons (Fsp3) is 0.318. The number of hydrogen-bond donors (Lipinski definition) is 0. The second kappa shape index (κ2) is 8.86. The Hall–Kier alpha value is -2.62. The van der Waals surface area contributed by atoms with Gasteiger partial charge in [0.2, 0.25) is 5.91 Å². The maximum atomic E-state index is 12.7. The van der Waals surface area contributed by atoms with E-state index in [1.165, 1.54) is 15.6 Å². The summed E-state index contributed by atoms with van der Waals surface area (Å²) in [7, 11) is -3.47. The summed E-state index contributed by atoms with van der Waals surface area (Å²) >= 11 is 1.21. The summed E-state index contributed by atoms with van der Waals surface area (Å²) in [6.07, 6.45) is 5.06. The van der Waals surface area contributed by atoms with Crippen LogP contribution in [0.2, 0.25) is 0 Å². The molecule has 164 valence electrons. The van der Waals surface area contributed by atoms with Crippen molar-refractivity contribution >= 4 is 33.3 Å². The molecular formula is C22H25N3O4S2. The van der Waals surface area contributed by atoms with Gasteiger partial charge in [0, 0.05) is 43.6 Å². The summed E-state index contributed by atoms with van der Waals surface area (Å²) in [6, 6.07) is 9.20. The van der Waals surface area contributed by atoms with Crippen molar-refractivity contribution in [1.82, 2.24) is 13.8 Å². The zero-order valence-corrected chi connectivity index (χ0v) is 19.2. The number of carbonyl (C=O) groups is 1. The van der Waals surface area contributed by atoms with Crippen molar-refractivity contribution in [1.29, 1.82) is 0 Å². The number of aromatic nitrogens is 1. The van der Waals surface area contributed by atoms with Crippen molar-refractivity contribution in [2.24, 2.45) is 0 Å². The highest BCUT2D eigenvalue weighted by atomic mass is 32.2. The van der Waals surface area contributed by atoms with Gasteiger partial charge in [0.05, 0.1) is 12.8 Å². The summed E-state index contributed by atoms with van der Waals surface area (Å²) in [5, 5.41) is 1.75. The monoisotopic (exact) mass is 459 g/mol. The van der Waals surface area contributed by atoms with Crippen LogP contribution in [0.25, 0.3) is 6.08 Å². The molecule has 3 aromatic rings. The normalized spacial score (nSPS) is 15.7. The van der Waals surface area contributed by atoms with Gasteiger partial charge < -0.3 is 13.9 Å². The standard InChI is InChI=1S/C22H25N3O4S2/c1-17-15-19(18(2)25(17)16-20-5-3-13-29-20)7-8-21(26)23-9-11-24(12-10-23)31(27,28)22-6-4-14-30-22/h3-8,13-15H,9-12,16H2,1-2H3/b8-7+. The molecule has 31 heavy (non-hydrogen) atoms. The Kier molecular flexibility index (Phi) is 6.17. The lowest BCUT2D eigenvalue weighted by Gasteiger charge is -2.33. The van der Waals surface area contributed by atoms with Crippen LogP contribution in [0.3, 0.4) is 0 Å². The quantitative estimate of drug-likeness (QED) is 0.530. The van der Waals surface area contributed by atoms with Crippen molar-refractivity contribution in [2.75, 3.05) is 26.2 Å². The van der Waals surface area contributed by atoms with E-state index >= 15 is 0 Å². The van der Waals surface area contributed by atoms with E-state index in [2.05, 4.69) is 4.57 Å². The first-order valence-electron chi connectivity index (χ1n) is 10.1. The van der Waals surface area contributed by atoms with E-state index in [0.717, 1.165) is 22.7 Å². The van der Waals surface area contributed by atoms with E-state index in [1.54, 1.807) is 34.8 Å². The maximum absolute atomic E-state index is 12.7. The molecule has 0 bridgehead atoms. The van der Waals surface area contributed by atoms with Gasteiger partial charge in [-0.1, -0.05) is 6.07 Å². The Bertz CT molecular complexity index is 1170. The van der Waals surface area contributed by atoms with Crippen molar-refractivity contribution in [3.05, 3.63) is 70.8 Å². The topological polar surface area (TPSA) is 75.8 Å². The number of hydrogen-bond acceptors (Lipinski definition) is 5. The minimum Gasteiger partial charge on any atom is -0.467 e. The number of carbonyl (C=O) groups excluding carboxylic acids is 1. The maximum Gasteiger partial charge on any atom is 0.252 e. The summed E-state index contributed by atoms with van der Waals surface area (Å²) in [4.78, 5) is 14.4. The summed E-state index contributed by atoms with van der Waals surface area (Å²) < 4.78 is 34.7. The minimum absolute atomic E-state index is 0.107. The van der Waals surface area contributed by atoms with Gasteiger partial charge in [0.15, 0.2) is 0 Å². The van der Waals surface area contributed by atoms with Crippen LogP contribution in [-0.2, 0) is 21.4 Å². The van der Waals surface area contributed by atoms with Gasteiger partial charge in [0.1, 0.15) is 9.97 Å². The smallest absolute Gasteiger partial charge is 0.252 e. The van der Waals surface area contributed by atoms with Crippen LogP contribution in [0, 0.1) is 13.8 Å². The molecular weight excluding hydrogens is 434 g/mol. The van der Waals surface area contributed by atoms with Crippen LogP contribution in [-0.4, -0.2) is 54.3 Å². The molecule has 7 nitrogen and oxygen atoms in total. The fourth-order valence-electron chi connectivity index (χ4n) is 3.75. The van der Waals surface area contributed by atoms with Crippen LogP contribution in [0.1, 0.15) is 22.7 Å². The molecule has 0 spiro atoms. The molecule has 9 heteroatoms. The highest BCUT2D eigenvalue weighted by Gasteiger charge is 2.30. The Labute approximate surface area is 186 Å². The van der Waals surface area contributed by atoms with Crippen LogP contribution in [0.5, 0.6) is 0 Å². The number of rotatable bonds is 6. The molecule has 1 aliphatic heterocycles. The Morgan fingerprint density at radius 3 is 2.58 bits per heavy atom. The van der Waals surface area contributed by atoms with Gasteiger partial charge in [-0.25, -0.2) is 8.42 Å². The molecule has 0 aromatic carbocycles. The number of piperazine rings is 1. The molecule has 0 N–H and O–H groups in total. The summed E-state index contributed by atoms with van der Waals surface area (Å²) in [5.41, 5.74) is 3.13. The van der Waals surface area contributed by atoms with Gasteiger partial charge in [-0.2, -0.15) is 4.31 Å². The predicted octanol–water partition coefficient (Wildman–Crippen LogP) is 3.35. The van der Waals surface area contributed by atoms with E-state index in [1.807, 2.05) is 38.1 Å². The molecule has 0 radical (unpaired) electrons. The molecule has 0 aliphatic carbocycles. The lowest BCUT2D eigenvalue weighted by molar-refractivity contribution is -0.127. The summed E-state index contributed by atoms with van der Waals surface area (Å²) in [5.74, 6) is 0.771. The average Bonchev–Trinajstić information content (AvgIpc) is 3.52. The Morgan fingerprint density at radius 2 is 1.94 bits per heavy atom. The lowest BCUT2D eigenvalue weighted by atomic mass is 10.2. The predicted molar refractivity (Wildman–Crippen MR) is 120 cm³/mol. The van der Waals surface area contributed by atoms with Crippen LogP contribution in [0.4, 0.5) is 0 Å². The minimum atomic E-state index is -3.47. The third-order valence-corrected chi connectivity index (χ3v) is 8.82. The van der Waals surface area contributed by atoms with Crippen molar-refractivity contribution in [3.63, 3.8) is 0 Å². The van der Waals surface area contributed by atoms with E-state index in [-0.39, 0.29) is 5.91 Å². The van der Waals surface area contributed by atoms with Crippen molar-refractivity contribution < 1.29 is 17.6 Å². The van der Waals surface area contributed by atoms with Crippen molar-refractivity contribution in [2.45, 2.75) is 24.6 Å². The van der Waals surface area contributed by atoms with E-state index in [9.17, 15) is 13.2 Å². The van der Waals surface area contributed by atoms with E-state index in [0.29, 0.717) is 36.9 Å². The van der Waals surface area contributed by atoms with Crippen molar-refractivity contribution in [3.8, 4) is 0 Å². The largest absolute Gasteiger partial charge is 0.467 e. The van der Waals surface area contributed by atoms with Crippen LogP contribution in [0.15, 0.2) is 56.7 Å². The molecule has 1 saturated heterocycles. The van der Waals surface area contributed by atoms with E-state index in [4.69, 9.17) is 4.42 Å². The first-order chi connectivity index (χ1) is 14.9. The Morgan fingerprint density at radius 1 is 1.16 bits per heavy atom. The number of sulfonamides is 1. The zero-order valence-electron chi connectivity index (χ0n) is 17.5. The second-order valence-corrected chi connectivity index (χ2v) is 10.6. The van der Waals surface area contributed by atoms with Crippen LogP contribution >= 0.6 is 11.3 Å². The van der Waals surface area contributed by atoms with Gasteiger partial charge in [-0.3, -0.25) is 4.79 Å². The molecule has 4 heterocycles. The number of thiophene rings is 1. The highest BCUT2D eigenvalue weighted by Crippen LogP contribution is 2.22. The molecule has 0 atom stereocenters. The SMILES string of the molecule is Cc1cc(/C=C/C(=O)N2CCN(S(=O)(=O)c3cccs3)CC2)c(C)n1Cc1ccco1. The van der Waals surface area contributed by atoms with E-state index < -0.39 is 10.0 Å². The third-order valence-electron chi connectivity index (χ3n) is 5.55. The number of furan rings is 1. The van der Waals surface area contributed by atoms with Crippen LogP contribution < -0.4 is 0 Å². The third kappa shape index (κ3) is 4.53. The number of aryl methyl sites for hydroxylation is 1. The molecule has 3 aromatic heterocycles. The molecule has 1 amide bonds. The molecule has 4 rings (SSSR count). The second-order valence-electron chi connectivity index (χ2n) is 7.49. The Balaban J connectivity index is 1.38. The number of amides is 1. The molecule has 1 aliphatic rings. The number of nitrogens with zero attached hydrogens (tertiary/aromatic N) is 3. The first kappa shape index (κ1) is 21.6. The molecule has 1 fully saturated rings. The molecule has 0 unspecified atom stereocenters. The van der Waals surface area contributed by atoms with Gasteiger partial charge in [-0.05, 0) is 55.1 Å². The molecule has 0 saturated carbocycles. The summed E-state index contributed by atoms with van der Waals surface area (Å²) in [6.45, 7) is 6.06. The van der Waals surface area contributed by atoms with Gasteiger partial charge in [-0.15, -0.1) is 11.3 Å².